The Kier molecular flexibility index (Phi) is 4.86. The van der Waals surface area contributed by atoms with Crippen molar-refractivity contribution >= 4 is 5.91 Å². The molecule has 6 rings (SSSR count). The average Bonchev–Trinajstić information content (AvgIpc) is 3.54. The average molecular weight is 483 g/mol. The third-order valence-corrected chi connectivity index (χ3v) is 8.43. The highest BCUT2D eigenvalue weighted by Gasteiger charge is 2.69. The first-order valence-electron chi connectivity index (χ1n) is 11.9. The molecule has 1 aromatic heterocycles. The molecule has 5 nitrogen and oxygen atoms in total. The summed E-state index contributed by atoms with van der Waals surface area (Å²) in [7, 11) is 1.59. The summed E-state index contributed by atoms with van der Waals surface area (Å²) in [4.78, 5) is 19.9. The van der Waals surface area contributed by atoms with Gasteiger partial charge in [-0.15, -0.1) is 0 Å². The first-order valence-corrected chi connectivity index (χ1v) is 11.9. The van der Waals surface area contributed by atoms with E-state index in [1.165, 1.54) is 0 Å². The number of aromatic nitrogens is 1. The zero-order valence-electron chi connectivity index (χ0n) is 19.3. The van der Waals surface area contributed by atoms with Crippen molar-refractivity contribution in [2.24, 2.45) is 10.8 Å². The van der Waals surface area contributed by atoms with Gasteiger partial charge in [-0.3, -0.25) is 9.78 Å². The monoisotopic (exact) mass is 482 g/mol. The zero-order valence-corrected chi connectivity index (χ0v) is 19.3. The van der Waals surface area contributed by atoms with Gasteiger partial charge in [0.2, 0.25) is 5.91 Å². The van der Waals surface area contributed by atoms with Gasteiger partial charge in [-0.25, -0.2) is 0 Å². The van der Waals surface area contributed by atoms with Gasteiger partial charge in [-0.2, -0.15) is 13.2 Å². The highest BCUT2D eigenvalue weighted by molar-refractivity contribution is 5.85. The van der Waals surface area contributed by atoms with E-state index in [-0.39, 0.29) is 37.3 Å². The van der Waals surface area contributed by atoms with Crippen LogP contribution in [-0.2, 0) is 4.79 Å². The maximum absolute atomic E-state index is 13.8. The fraction of sp³-hybridized carbons (Fsp3) is 0.481. The number of likely N-dealkylation sites (tertiary alicyclic amines) is 1. The summed E-state index contributed by atoms with van der Waals surface area (Å²) in [6.07, 6.45) is 0.0726. The van der Waals surface area contributed by atoms with Gasteiger partial charge >= 0.3 is 6.18 Å². The van der Waals surface area contributed by atoms with Gasteiger partial charge in [0.15, 0.2) is 0 Å². The largest absolute Gasteiger partial charge is 0.495 e. The third kappa shape index (κ3) is 3.31. The number of benzene rings is 1. The highest BCUT2D eigenvalue weighted by Crippen LogP contribution is 2.68. The molecule has 2 atom stereocenters. The second-order valence-electron chi connectivity index (χ2n) is 10.2. The van der Waals surface area contributed by atoms with Gasteiger partial charge in [0.1, 0.15) is 17.6 Å². The lowest BCUT2D eigenvalue weighted by atomic mass is 9.81. The smallest absolute Gasteiger partial charge is 0.394 e. The van der Waals surface area contributed by atoms with Gasteiger partial charge in [0, 0.05) is 24.4 Å². The molecule has 2 aromatic rings. The van der Waals surface area contributed by atoms with E-state index in [1.54, 1.807) is 24.4 Å². The number of ether oxygens (including phenoxy) is 2. The van der Waals surface area contributed by atoms with Gasteiger partial charge < -0.3 is 14.4 Å². The van der Waals surface area contributed by atoms with Crippen LogP contribution in [0, 0.1) is 22.7 Å². The molecule has 3 heterocycles. The quantitative estimate of drug-likeness (QED) is 0.563. The summed E-state index contributed by atoms with van der Waals surface area (Å²) >= 11 is 0. The number of pyridine rings is 1. The third-order valence-electron chi connectivity index (χ3n) is 8.43. The van der Waals surface area contributed by atoms with E-state index < -0.39 is 17.0 Å². The highest BCUT2D eigenvalue weighted by atomic mass is 19.4. The minimum atomic E-state index is -4.26. The molecule has 2 aliphatic carbocycles. The van der Waals surface area contributed by atoms with Gasteiger partial charge in [0.05, 0.1) is 41.7 Å². The number of methoxy groups -OCH3 is 1. The molecule has 2 saturated carbocycles. The Morgan fingerprint density at radius 3 is 2.60 bits per heavy atom. The molecule has 0 unspecified atom stereocenters. The van der Waals surface area contributed by atoms with Crippen molar-refractivity contribution in [3.8, 4) is 23.3 Å². The predicted octanol–water partition coefficient (Wildman–Crippen LogP) is 5.04. The van der Waals surface area contributed by atoms with E-state index in [9.17, 15) is 18.0 Å². The molecule has 0 radical (unpaired) electrons. The van der Waals surface area contributed by atoms with Crippen LogP contribution in [0.1, 0.15) is 61.3 Å². The number of fused-ring (bicyclic) bond motifs is 6. The Morgan fingerprint density at radius 2 is 1.89 bits per heavy atom. The standard InChI is InChI=1S/C27H25F3N2O3/c1-34-22-5-3-2-4-17(22)6-7-18-13-31-14-20-21-12-19(35-23(18)20)15-32(21)24(33)25-8-10-26(16-25,11-9-25)27(28,29)30/h2-5,13-14,19,21H,8-12,15-16H2,1H3/t19-,21-,25?,26?/m0/s1. The number of halogens is 3. The Morgan fingerprint density at radius 1 is 1.14 bits per heavy atom. The maximum atomic E-state index is 13.8. The Hall–Kier alpha value is -3.21. The lowest BCUT2D eigenvalue weighted by Crippen LogP contribution is -2.41. The molecule has 0 N–H and O–H groups in total. The van der Waals surface area contributed by atoms with Crippen molar-refractivity contribution in [2.75, 3.05) is 13.7 Å². The number of para-hydroxylation sites is 1. The van der Waals surface area contributed by atoms with Crippen molar-refractivity contribution in [1.29, 1.82) is 0 Å². The zero-order chi connectivity index (χ0) is 24.4. The van der Waals surface area contributed by atoms with Gasteiger partial charge in [0.25, 0.3) is 0 Å². The predicted molar refractivity (Wildman–Crippen MR) is 121 cm³/mol. The number of alkyl halides is 3. The molecule has 1 aromatic carbocycles. The van der Waals surface area contributed by atoms with E-state index in [0.29, 0.717) is 42.9 Å². The second kappa shape index (κ2) is 7.64. The van der Waals surface area contributed by atoms with Crippen molar-refractivity contribution in [3.05, 3.63) is 53.3 Å². The molecule has 2 aliphatic heterocycles. The molecule has 1 amide bonds. The van der Waals surface area contributed by atoms with E-state index in [4.69, 9.17) is 9.47 Å². The Bertz CT molecular complexity index is 1250. The SMILES string of the molecule is COc1ccccc1C#Cc1cncc2c1O[C@H]1C[C@@H]2N(C(=O)C23CCC(C(F)(F)F)(CC2)C3)C1. The topological polar surface area (TPSA) is 51.7 Å². The van der Waals surface area contributed by atoms with Crippen molar-refractivity contribution in [2.45, 2.75) is 56.8 Å². The molecule has 35 heavy (non-hydrogen) atoms. The first kappa shape index (κ1) is 22.3. The summed E-state index contributed by atoms with van der Waals surface area (Å²) in [6.45, 7) is 0.373. The first-order chi connectivity index (χ1) is 16.8. The number of amides is 1. The van der Waals surface area contributed by atoms with E-state index >= 15 is 0 Å². The number of carbonyl (C=O) groups excluding carboxylic acids is 1. The molecular weight excluding hydrogens is 457 g/mol. The molecule has 4 aliphatic rings. The summed E-state index contributed by atoms with van der Waals surface area (Å²) in [6, 6.07) is 7.19. The molecule has 4 bridgehead atoms. The van der Waals surface area contributed by atoms with Crippen molar-refractivity contribution in [1.82, 2.24) is 9.88 Å². The number of carbonyl (C=O) groups is 1. The van der Waals surface area contributed by atoms with Gasteiger partial charge in [-0.05, 0) is 44.2 Å². The minimum Gasteiger partial charge on any atom is -0.495 e. The lowest BCUT2D eigenvalue weighted by Gasteiger charge is -2.34. The second-order valence-corrected chi connectivity index (χ2v) is 10.2. The number of hydrogen-bond acceptors (Lipinski definition) is 4. The number of hydrogen-bond donors (Lipinski definition) is 0. The fourth-order valence-electron chi connectivity index (χ4n) is 6.56. The summed E-state index contributed by atoms with van der Waals surface area (Å²) < 4.78 is 52.9. The molecule has 3 fully saturated rings. The fourth-order valence-corrected chi connectivity index (χ4v) is 6.56. The summed E-state index contributed by atoms with van der Waals surface area (Å²) in [5.74, 6) is 7.37. The lowest BCUT2D eigenvalue weighted by molar-refractivity contribution is -0.220. The molecular formula is C27H25F3N2O3. The van der Waals surface area contributed by atoms with Crippen LogP contribution in [0.15, 0.2) is 36.7 Å². The number of rotatable bonds is 2. The van der Waals surface area contributed by atoms with Crippen molar-refractivity contribution in [3.63, 3.8) is 0 Å². The molecule has 1 saturated heterocycles. The van der Waals surface area contributed by atoms with Crippen LogP contribution in [0.5, 0.6) is 11.5 Å². The summed E-state index contributed by atoms with van der Waals surface area (Å²) in [5.41, 5.74) is -0.490. The van der Waals surface area contributed by atoms with Crippen LogP contribution in [0.4, 0.5) is 13.2 Å². The van der Waals surface area contributed by atoms with E-state index in [2.05, 4.69) is 16.8 Å². The molecule has 182 valence electrons. The maximum Gasteiger partial charge on any atom is 0.394 e. The van der Waals surface area contributed by atoms with Crippen LogP contribution in [-0.4, -0.2) is 41.7 Å². The normalized spacial score (nSPS) is 30.3. The van der Waals surface area contributed by atoms with Crippen molar-refractivity contribution < 1.29 is 27.4 Å². The van der Waals surface area contributed by atoms with Crippen LogP contribution in [0.25, 0.3) is 0 Å². The van der Waals surface area contributed by atoms with Gasteiger partial charge in [-0.1, -0.05) is 24.0 Å². The van der Waals surface area contributed by atoms with E-state index in [1.807, 2.05) is 24.3 Å². The Balaban J connectivity index is 1.30. The molecule has 8 heteroatoms. The Labute approximate surface area is 201 Å². The van der Waals surface area contributed by atoms with E-state index in [0.717, 1.165) is 11.1 Å². The van der Waals surface area contributed by atoms with Crippen LogP contribution in [0.2, 0.25) is 0 Å². The van der Waals surface area contributed by atoms with Crippen LogP contribution >= 0.6 is 0 Å². The van der Waals surface area contributed by atoms with Crippen LogP contribution in [0.3, 0.4) is 0 Å². The minimum absolute atomic E-state index is 0.0432. The summed E-state index contributed by atoms with van der Waals surface area (Å²) in [5, 5.41) is 0. The molecule has 0 spiro atoms. The van der Waals surface area contributed by atoms with Crippen LogP contribution < -0.4 is 9.47 Å². The number of nitrogens with zero attached hydrogens (tertiary/aromatic N) is 2.